The lowest BCUT2D eigenvalue weighted by Crippen LogP contribution is -2.24. The molecular formula is C16H17FO3. The molecule has 2 aromatic carbocycles. The van der Waals surface area contributed by atoms with E-state index < -0.39 is 11.4 Å². The molecule has 0 saturated carbocycles. The van der Waals surface area contributed by atoms with E-state index in [0.29, 0.717) is 22.6 Å². The molecule has 0 fully saturated rings. The first-order chi connectivity index (χ1) is 9.50. The molecule has 106 valence electrons. The maximum atomic E-state index is 13.5. The first kappa shape index (κ1) is 14.3. The van der Waals surface area contributed by atoms with Gasteiger partial charge in [-0.3, -0.25) is 0 Å². The molecule has 1 N–H and O–H groups in total. The minimum absolute atomic E-state index is 0.351. The second-order valence-corrected chi connectivity index (χ2v) is 4.62. The Labute approximate surface area is 117 Å². The SMILES string of the molecule is COc1ccccc1C(C)(O)c1cc(F)ccc1OC. The van der Waals surface area contributed by atoms with Gasteiger partial charge in [-0.05, 0) is 31.2 Å². The molecule has 0 saturated heterocycles. The highest BCUT2D eigenvalue weighted by Crippen LogP contribution is 2.39. The lowest BCUT2D eigenvalue weighted by Gasteiger charge is -2.27. The van der Waals surface area contributed by atoms with Crippen molar-refractivity contribution in [2.24, 2.45) is 0 Å². The van der Waals surface area contributed by atoms with Gasteiger partial charge in [0, 0.05) is 11.1 Å². The lowest BCUT2D eigenvalue weighted by atomic mass is 9.87. The third-order valence-electron chi connectivity index (χ3n) is 3.32. The Balaban J connectivity index is 2.62. The monoisotopic (exact) mass is 276 g/mol. The highest BCUT2D eigenvalue weighted by atomic mass is 19.1. The van der Waals surface area contributed by atoms with Crippen LogP contribution in [-0.4, -0.2) is 19.3 Å². The summed E-state index contributed by atoms with van der Waals surface area (Å²) in [7, 11) is 3.01. The van der Waals surface area contributed by atoms with Crippen molar-refractivity contribution in [1.82, 2.24) is 0 Å². The molecule has 3 nitrogen and oxygen atoms in total. The van der Waals surface area contributed by atoms with Gasteiger partial charge in [0.25, 0.3) is 0 Å². The molecule has 0 aliphatic carbocycles. The summed E-state index contributed by atoms with van der Waals surface area (Å²) in [6, 6.07) is 11.1. The summed E-state index contributed by atoms with van der Waals surface area (Å²) < 4.78 is 24.0. The minimum atomic E-state index is -1.43. The lowest BCUT2D eigenvalue weighted by molar-refractivity contribution is 0.0954. The van der Waals surface area contributed by atoms with Crippen molar-refractivity contribution >= 4 is 0 Å². The summed E-state index contributed by atoms with van der Waals surface area (Å²) in [5.41, 5.74) is -0.532. The third kappa shape index (κ3) is 2.47. The van der Waals surface area contributed by atoms with Crippen molar-refractivity contribution in [2.75, 3.05) is 14.2 Å². The number of ether oxygens (including phenoxy) is 2. The fraction of sp³-hybridized carbons (Fsp3) is 0.250. The molecule has 20 heavy (non-hydrogen) atoms. The number of hydrogen-bond acceptors (Lipinski definition) is 3. The van der Waals surface area contributed by atoms with Crippen LogP contribution in [0.1, 0.15) is 18.1 Å². The Morgan fingerprint density at radius 1 is 0.950 bits per heavy atom. The van der Waals surface area contributed by atoms with Crippen molar-refractivity contribution < 1.29 is 19.0 Å². The van der Waals surface area contributed by atoms with Crippen LogP contribution in [0.25, 0.3) is 0 Å². The fourth-order valence-corrected chi connectivity index (χ4v) is 2.25. The quantitative estimate of drug-likeness (QED) is 0.932. The number of para-hydroxylation sites is 1. The molecule has 1 atom stereocenters. The van der Waals surface area contributed by atoms with Crippen molar-refractivity contribution in [3.8, 4) is 11.5 Å². The Morgan fingerprint density at radius 2 is 1.55 bits per heavy atom. The van der Waals surface area contributed by atoms with E-state index in [-0.39, 0.29) is 0 Å². The van der Waals surface area contributed by atoms with Gasteiger partial charge < -0.3 is 14.6 Å². The van der Waals surface area contributed by atoms with E-state index in [1.54, 1.807) is 31.2 Å². The average molecular weight is 276 g/mol. The van der Waals surface area contributed by atoms with Crippen LogP contribution < -0.4 is 9.47 Å². The van der Waals surface area contributed by atoms with Crippen LogP contribution in [0.15, 0.2) is 42.5 Å². The number of aliphatic hydroxyl groups is 1. The second kappa shape index (κ2) is 5.51. The number of hydrogen-bond donors (Lipinski definition) is 1. The van der Waals surface area contributed by atoms with Crippen molar-refractivity contribution in [2.45, 2.75) is 12.5 Å². The minimum Gasteiger partial charge on any atom is -0.496 e. The van der Waals surface area contributed by atoms with Crippen LogP contribution in [0.4, 0.5) is 4.39 Å². The van der Waals surface area contributed by atoms with Gasteiger partial charge in [-0.2, -0.15) is 0 Å². The van der Waals surface area contributed by atoms with Crippen LogP contribution in [0, 0.1) is 5.82 Å². The predicted octanol–water partition coefficient (Wildman–Crippen LogP) is 3.10. The summed E-state index contributed by atoms with van der Waals surface area (Å²) in [4.78, 5) is 0. The number of benzene rings is 2. The summed E-state index contributed by atoms with van der Waals surface area (Å²) in [5, 5.41) is 10.9. The number of rotatable bonds is 4. The summed E-state index contributed by atoms with van der Waals surface area (Å²) in [5.74, 6) is 0.516. The maximum absolute atomic E-state index is 13.5. The van der Waals surface area contributed by atoms with E-state index in [9.17, 15) is 9.50 Å². The van der Waals surface area contributed by atoms with E-state index in [2.05, 4.69) is 0 Å². The van der Waals surface area contributed by atoms with Crippen LogP contribution in [0.5, 0.6) is 11.5 Å². The normalized spacial score (nSPS) is 13.7. The average Bonchev–Trinajstić information content (AvgIpc) is 2.47. The van der Waals surface area contributed by atoms with Gasteiger partial charge in [-0.1, -0.05) is 18.2 Å². The standard InChI is InChI=1S/C16H17FO3/c1-16(18,12-6-4-5-7-14(12)19-2)13-10-11(17)8-9-15(13)20-3/h4-10,18H,1-3H3. The first-order valence-electron chi connectivity index (χ1n) is 6.20. The molecule has 2 rings (SSSR count). The van der Waals surface area contributed by atoms with E-state index in [1.165, 1.54) is 32.4 Å². The molecule has 0 spiro atoms. The largest absolute Gasteiger partial charge is 0.496 e. The zero-order valence-electron chi connectivity index (χ0n) is 11.7. The Kier molecular flexibility index (Phi) is 3.95. The maximum Gasteiger partial charge on any atom is 0.125 e. The first-order valence-corrected chi connectivity index (χ1v) is 6.20. The summed E-state index contributed by atoms with van der Waals surface area (Å²) in [6.45, 7) is 1.59. The van der Waals surface area contributed by atoms with Gasteiger partial charge in [0.15, 0.2) is 0 Å². The van der Waals surface area contributed by atoms with E-state index in [4.69, 9.17) is 9.47 Å². The van der Waals surface area contributed by atoms with Gasteiger partial charge >= 0.3 is 0 Å². The van der Waals surface area contributed by atoms with E-state index in [1.807, 2.05) is 0 Å². The van der Waals surface area contributed by atoms with Crippen molar-refractivity contribution in [3.63, 3.8) is 0 Å². The molecule has 2 aromatic rings. The predicted molar refractivity (Wildman–Crippen MR) is 74.6 cm³/mol. The Morgan fingerprint density at radius 3 is 2.20 bits per heavy atom. The molecule has 0 aromatic heterocycles. The fourth-order valence-electron chi connectivity index (χ4n) is 2.25. The molecular weight excluding hydrogens is 259 g/mol. The molecule has 0 radical (unpaired) electrons. The molecule has 0 aliphatic rings. The molecule has 0 amide bonds. The molecule has 0 heterocycles. The van der Waals surface area contributed by atoms with Gasteiger partial charge in [0.05, 0.1) is 14.2 Å². The topological polar surface area (TPSA) is 38.7 Å². The van der Waals surface area contributed by atoms with Crippen molar-refractivity contribution in [1.29, 1.82) is 0 Å². The number of halogens is 1. The molecule has 0 bridgehead atoms. The zero-order valence-corrected chi connectivity index (χ0v) is 11.7. The Hall–Kier alpha value is -2.07. The smallest absolute Gasteiger partial charge is 0.125 e. The molecule has 1 unspecified atom stereocenters. The van der Waals surface area contributed by atoms with Gasteiger partial charge in [0.2, 0.25) is 0 Å². The highest BCUT2D eigenvalue weighted by Gasteiger charge is 2.32. The molecule has 4 heteroatoms. The van der Waals surface area contributed by atoms with Crippen LogP contribution in [-0.2, 0) is 5.60 Å². The van der Waals surface area contributed by atoms with Gasteiger partial charge in [0.1, 0.15) is 22.9 Å². The van der Waals surface area contributed by atoms with E-state index >= 15 is 0 Å². The van der Waals surface area contributed by atoms with Crippen LogP contribution in [0.2, 0.25) is 0 Å². The zero-order chi connectivity index (χ0) is 14.8. The van der Waals surface area contributed by atoms with Gasteiger partial charge in [-0.25, -0.2) is 4.39 Å². The summed E-state index contributed by atoms with van der Waals surface area (Å²) in [6.07, 6.45) is 0. The summed E-state index contributed by atoms with van der Waals surface area (Å²) >= 11 is 0. The van der Waals surface area contributed by atoms with Crippen molar-refractivity contribution in [3.05, 3.63) is 59.4 Å². The van der Waals surface area contributed by atoms with Crippen LogP contribution in [0.3, 0.4) is 0 Å². The molecule has 0 aliphatic heterocycles. The second-order valence-electron chi connectivity index (χ2n) is 4.62. The van der Waals surface area contributed by atoms with Gasteiger partial charge in [-0.15, -0.1) is 0 Å². The third-order valence-corrected chi connectivity index (χ3v) is 3.32. The van der Waals surface area contributed by atoms with Crippen LogP contribution >= 0.6 is 0 Å². The number of methoxy groups -OCH3 is 2. The van der Waals surface area contributed by atoms with E-state index in [0.717, 1.165) is 0 Å². The Bertz CT molecular complexity index is 608. The highest BCUT2D eigenvalue weighted by molar-refractivity contribution is 5.49.